The molecule has 3 aliphatic carbocycles. The van der Waals surface area contributed by atoms with E-state index >= 15 is 0 Å². The zero-order valence-corrected chi connectivity index (χ0v) is 6.67. The van der Waals surface area contributed by atoms with Gasteiger partial charge in [-0.1, -0.05) is 38.2 Å². The van der Waals surface area contributed by atoms with Crippen molar-refractivity contribution in [3.8, 4) is 0 Å². The van der Waals surface area contributed by atoms with Gasteiger partial charge in [0.05, 0.1) is 0 Å². The molecule has 0 heteroatoms. The summed E-state index contributed by atoms with van der Waals surface area (Å²) in [5.41, 5.74) is 0.545. The smallest absolute Gasteiger partial charge is 0.0168 e. The summed E-state index contributed by atoms with van der Waals surface area (Å²) in [5, 5.41) is 0. The van der Waals surface area contributed by atoms with Crippen molar-refractivity contribution in [2.75, 3.05) is 0 Å². The van der Waals surface area contributed by atoms with Gasteiger partial charge in [0, 0.05) is 0 Å². The number of fused-ring (bicyclic) bond motifs is 1. The van der Waals surface area contributed by atoms with Gasteiger partial charge in [0.25, 0.3) is 0 Å². The van der Waals surface area contributed by atoms with Crippen molar-refractivity contribution >= 4 is 0 Å². The summed E-state index contributed by atoms with van der Waals surface area (Å²) in [5.74, 6) is 1.68. The van der Waals surface area contributed by atoms with Gasteiger partial charge in [-0.05, 0) is 23.7 Å². The van der Waals surface area contributed by atoms with E-state index in [2.05, 4.69) is 38.2 Å². The molecule has 1 fully saturated rings. The van der Waals surface area contributed by atoms with Gasteiger partial charge < -0.3 is 0 Å². The minimum absolute atomic E-state index is 0.545. The molecule has 0 amide bonds. The number of hydrogen-bond donors (Lipinski definition) is 0. The Labute approximate surface area is 62.6 Å². The summed E-state index contributed by atoms with van der Waals surface area (Å²) in [6.07, 6.45) is 10.5. The maximum atomic E-state index is 2.37. The van der Waals surface area contributed by atoms with Crippen LogP contribution >= 0.6 is 0 Å². The van der Waals surface area contributed by atoms with Crippen molar-refractivity contribution < 1.29 is 0 Å². The van der Waals surface area contributed by atoms with Crippen molar-refractivity contribution in [3.63, 3.8) is 0 Å². The lowest BCUT2D eigenvalue weighted by atomic mass is 9.55. The third-order valence-electron chi connectivity index (χ3n) is 3.22. The molecule has 54 valence electrons. The molecule has 0 radical (unpaired) electrons. The molecule has 0 N–H and O–H groups in total. The molecule has 2 atom stereocenters. The van der Waals surface area contributed by atoms with E-state index in [1.807, 2.05) is 0 Å². The van der Waals surface area contributed by atoms with Crippen LogP contribution in [0.3, 0.4) is 0 Å². The lowest BCUT2D eigenvalue weighted by Crippen LogP contribution is -2.41. The zero-order chi connectivity index (χ0) is 7.19. The van der Waals surface area contributed by atoms with Crippen molar-refractivity contribution in [3.05, 3.63) is 24.3 Å². The van der Waals surface area contributed by atoms with E-state index in [4.69, 9.17) is 0 Å². The first-order chi connectivity index (χ1) is 4.71. The highest BCUT2D eigenvalue weighted by atomic mass is 14.5. The van der Waals surface area contributed by atoms with Crippen LogP contribution < -0.4 is 0 Å². The Morgan fingerprint density at radius 1 is 1.10 bits per heavy atom. The van der Waals surface area contributed by atoms with E-state index in [0.29, 0.717) is 5.41 Å². The van der Waals surface area contributed by atoms with Gasteiger partial charge in [-0.3, -0.25) is 0 Å². The average molecular weight is 134 g/mol. The summed E-state index contributed by atoms with van der Waals surface area (Å²) in [6, 6.07) is 0. The lowest BCUT2D eigenvalue weighted by Gasteiger charge is -2.49. The van der Waals surface area contributed by atoms with Crippen LogP contribution in [0.4, 0.5) is 0 Å². The Kier molecular flexibility index (Phi) is 1.08. The van der Waals surface area contributed by atoms with Crippen LogP contribution in [-0.4, -0.2) is 0 Å². The minimum atomic E-state index is 0.545. The van der Waals surface area contributed by atoms with Crippen molar-refractivity contribution in [2.24, 2.45) is 17.3 Å². The monoisotopic (exact) mass is 134 g/mol. The third-order valence-corrected chi connectivity index (χ3v) is 3.22. The van der Waals surface area contributed by atoms with Gasteiger partial charge in [-0.25, -0.2) is 0 Å². The molecule has 10 heavy (non-hydrogen) atoms. The normalized spacial score (nSPS) is 40.6. The summed E-state index contributed by atoms with van der Waals surface area (Å²) in [7, 11) is 0. The zero-order valence-electron chi connectivity index (χ0n) is 6.67. The second-order valence-corrected chi connectivity index (χ2v) is 4.04. The van der Waals surface area contributed by atoms with E-state index in [9.17, 15) is 0 Å². The average Bonchev–Trinajstić information content (AvgIpc) is 2.17. The molecule has 0 aliphatic heterocycles. The molecule has 0 nitrogen and oxygen atoms in total. The van der Waals surface area contributed by atoms with Crippen LogP contribution in [0.2, 0.25) is 0 Å². The van der Waals surface area contributed by atoms with E-state index < -0.39 is 0 Å². The largest absolute Gasteiger partial charge is 0.0809 e. The number of allylic oxidation sites excluding steroid dienone is 4. The Morgan fingerprint density at radius 2 is 1.60 bits per heavy atom. The van der Waals surface area contributed by atoms with Crippen LogP contribution in [0, 0.1) is 17.3 Å². The van der Waals surface area contributed by atoms with E-state index in [1.54, 1.807) is 0 Å². The summed E-state index contributed by atoms with van der Waals surface area (Å²) >= 11 is 0. The topological polar surface area (TPSA) is 0 Å². The fourth-order valence-corrected chi connectivity index (χ4v) is 2.05. The first-order valence-electron chi connectivity index (χ1n) is 4.06. The highest BCUT2D eigenvalue weighted by Gasteiger charge is 2.45. The molecule has 0 heterocycles. The molecule has 0 saturated heterocycles. The third kappa shape index (κ3) is 0.622. The Balaban J connectivity index is 2.31. The van der Waals surface area contributed by atoms with Gasteiger partial charge in [0.2, 0.25) is 0 Å². The number of rotatable bonds is 0. The standard InChI is InChI=1S/C10H14/c1-10(2)8-5-3-4-6-9(10)7-8/h3-6,8-9H,7H2,1-2H3/t8-,9+. The summed E-state index contributed by atoms with van der Waals surface area (Å²) < 4.78 is 0. The van der Waals surface area contributed by atoms with Gasteiger partial charge in [0.15, 0.2) is 0 Å². The highest BCUT2D eigenvalue weighted by molar-refractivity contribution is 5.21. The molecular formula is C10H14. The van der Waals surface area contributed by atoms with Gasteiger partial charge >= 0.3 is 0 Å². The Morgan fingerprint density at radius 3 is 2.00 bits per heavy atom. The second kappa shape index (κ2) is 1.75. The molecule has 0 aromatic rings. The van der Waals surface area contributed by atoms with Crippen molar-refractivity contribution in [2.45, 2.75) is 20.3 Å². The summed E-state index contributed by atoms with van der Waals surface area (Å²) in [4.78, 5) is 0. The van der Waals surface area contributed by atoms with Gasteiger partial charge in [-0.15, -0.1) is 0 Å². The predicted octanol–water partition coefficient (Wildman–Crippen LogP) is 2.77. The molecule has 3 rings (SSSR count). The van der Waals surface area contributed by atoms with Crippen LogP contribution in [-0.2, 0) is 0 Å². The molecule has 2 bridgehead atoms. The van der Waals surface area contributed by atoms with Crippen molar-refractivity contribution in [1.29, 1.82) is 0 Å². The van der Waals surface area contributed by atoms with Crippen molar-refractivity contribution in [1.82, 2.24) is 0 Å². The molecule has 0 aromatic carbocycles. The maximum absolute atomic E-state index is 2.37. The van der Waals surface area contributed by atoms with E-state index in [0.717, 1.165) is 11.8 Å². The number of hydrogen-bond acceptors (Lipinski definition) is 0. The lowest BCUT2D eigenvalue weighted by molar-refractivity contribution is 0.0489. The van der Waals surface area contributed by atoms with E-state index in [1.165, 1.54) is 6.42 Å². The Hall–Kier alpha value is -0.520. The van der Waals surface area contributed by atoms with Gasteiger partial charge in [-0.2, -0.15) is 0 Å². The predicted molar refractivity (Wildman–Crippen MR) is 43.7 cm³/mol. The maximum Gasteiger partial charge on any atom is -0.0168 e. The molecule has 0 spiro atoms. The molecule has 3 aliphatic rings. The fraction of sp³-hybridized carbons (Fsp3) is 0.600. The summed E-state index contributed by atoms with van der Waals surface area (Å²) in [6.45, 7) is 4.73. The van der Waals surface area contributed by atoms with E-state index in [-0.39, 0.29) is 0 Å². The van der Waals surface area contributed by atoms with Gasteiger partial charge in [0.1, 0.15) is 0 Å². The van der Waals surface area contributed by atoms with Crippen LogP contribution in [0.5, 0.6) is 0 Å². The molecule has 0 unspecified atom stereocenters. The first kappa shape index (κ1) is 6.21. The SMILES string of the molecule is CC1(C)[C@@H]2C=CC=C[C@H]1C2. The Bertz CT molecular complexity index is 176. The molecular weight excluding hydrogens is 120 g/mol. The molecule has 0 aromatic heterocycles. The van der Waals surface area contributed by atoms with Crippen LogP contribution in [0.15, 0.2) is 24.3 Å². The van der Waals surface area contributed by atoms with Crippen LogP contribution in [0.25, 0.3) is 0 Å². The minimum Gasteiger partial charge on any atom is -0.0809 e. The fourth-order valence-electron chi connectivity index (χ4n) is 2.05. The highest BCUT2D eigenvalue weighted by Crippen LogP contribution is 2.53. The molecule has 1 saturated carbocycles. The van der Waals surface area contributed by atoms with Crippen LogP contribution in [0.1, 0.15) is 20.3 Å². The second-order valence-electron chi connectivity index (χ2n) is 4.04. The first-order valence-corrected chi connectivity index (χ1v) is 4.06. The quantitative estimate of drug-likeness (QED) is 0.478.